The smallest absolute Gasteiger partial charge is 0.328 e. The third kappa shape index (κ3) is 4.49. The summed E-state index contributed by atoms with van der Waals surface area (Å²) in [6, 6.07) is 10.6. The van der Waals surface area contributed by atoms with Crippen LogP contribution in [-0.2, 0) is 16.1 Å². The Hall–Kier alpha value is -4.08. The largest absolute Gasteiger partial charge is 0.458 e. The molecule has 30 heavy (non-hydrogen) atoms. The Morgan fingerprint density at radius 3 is 2.70 bits per heavy atom. The number of nitro groups is 1. The summed E-state index contributed by atoms with van der Waals surface area (Å²) in [5, 5.41) is 13.2. The van der Waals surface area contributed by atoms with Crippen LogP contribution in [0, 0.1) is 17.0 Å². The molecule has 2 aromatic heterocycles. The second-order valence-electron chi connectivity index (χ2n) is 6.56. The van der Waals surface area contributed by atoms with E-state index in [0.29, 0.717) is 5.65 Å². The molecule has 3 aromatic rings. The molecule has 0 aliphatic carbocycles. The van der Waals surface area contributed by atoms with Gasteiger partial charge in [-0.05, 0) is 32.0 Å². The van der Waals surface area contributed by atoms with Crippen molar-refractivity contribution in [2.45, 2.75) is 26.5 Å². The fourth-order valence-corrected chi connectivity index (χ4v) is 2.81. The van der Waals surface area contributed by atoms with Crippen LogP contribution in [0.1, 0.15) is 28.7 Å². The van der Waals surface area contributed by atoms with Gasteiger partial charge in [-0.1, -0.05) is 12.1 Å². The molecule has 0 saturated heterocycles. The van der Waals surface area contributed by atoms with Crippen LogP contribution in [0.5, 0.6) is 0 Å². The zero-order valence-electron chi connectivity index (χ0n) is 16.2. The number of ether oxygens (including phenoxy) is 1. The van der Waals surface area contributed by atoms with Crippen molar-refractivity contribution in [1.29, 1.82) is 0 Å². The van der Waals surface area contributed by atoms with Crippen molar-refractivity contribution in [3.63, 3.8) is 0 Å². The number of aromatic nitrogens is 2. The number of hydrogen-bond donors (Lipinski definition) is 1. The van der Waals surface area contributed by atoms with Crippen LogP contribution in [0.3, 0.4) is 0 Å². The highest BCUT2D eigenvalue weighted by Crippen LogP contribution is 2.13. The predicted octanol–water partition coefficient (Wildman–Crippen LogP) is 1.77. The number of aryl methyl sites for hydroxylation is 1. The van der Waals surface area contributed by atoms with Crippen molar-refractivity contribution < 1.29 is 19.2 Å². The van der Waals surface area contributed by atoms with Gasteiger partial charge in [-0.15, -0.1) is 0 Å². The van der Waals surface area contributed by atoms with Gasteiger partial charge < -0.3 is 10.1 Å². The molecule has 1 amide bonds. The van der Waals surface area contributed by atoms with Gasteiger partial charge in [0, 0.05) is 29.5 Å². The van der Waals surface area contributed by atoms with E-state index in [1.807, 2.05) is 0 Å². The Bertz CT molecular complexity index is 1200. The first-order valence-electron chi connectivity index (χ1n) is 8.96. The SMILES string of the molecule is Cc1cccc2nc(COC(=O)[C@H](C)NC(=O)c3cccc([N+](=O)[O-])c3)cc(=O)n12. The topological polar surface area (TPSA) is 133 Å². The van der Waals surface area contributed by atoms with Crippen molar-refractivity contribution >= 4 is 23.2 Å². The van der Waals surface area contributed by atoms with Gasteiger partial charge in [0.2, 0.25) is 0 Å². The standard InChI is InChI=1S/C20H18N4O6/c1-12-5-3-8-17-22-15(10-18(25)23(12)17)11-30-20(27)13(2)21-19(26)14-6-4-7-16(9-14)24(28)29/h3-10,13H,11H2,1-2H3,(H,21,26)/t13-/m0/s1. The summed E-state index contributed by atoms with van der Waals surface area (Å²) in [5.41, 5.74) is 0.948. The van der Waals surface area contributed by atoms with Gasteiger partial charge in [-0.2, -0.15) is 0 Å². The number of carbonyl (C=O) groups excluding carboxylic acids is 2. The van der Waals surface area contributed by atoms with E-state index >= 15 is 0 Å². The third-order valence-corrected chi connectivity index (χ3v) is 4.32. The van der Waals surface area contributed by atoms with Crippen LogP contribution in [0.15, 0.2) is 53.3 Å². The summed E-state index contributed by atoms with van der Waals surface area (Å²) in [6.45, 7) is 2.96. The normalized spacial score (nSPS) is 11.7. The minimum absolute atomic E-state index is 0.0448. The number of fused-ring (bicyclic) bond motifs is 1. The van der Waals surface area contributed by atoms with Crippen LogP contribution in [-0.4, -0.2) is 32.2 Å². The molecule has 0 aliphatic heterocycles. The average Bonchev–Trinajstić information content (AvgIpc) is 2.71. The van der Waals surface area contributed by atoms with Gasteiger partial charge in [0.15, 0.2) is 0 Å². The lowest BCUT2D eigenvalue weighted by molar-refractivity contribution is -0.384. The van der Waals surface area contributed by atoms with Crippen molar-refractivity contribution in [3.05, 3.63) is 86.0 Å². The zero-order valence-corrected chi connectivity index (χ0v) is 16.2. The zero-order chi connectivity index (χ0) is 21.8. The number of pyridine rings is 1. The number of nitrogens with one attached hydrogen (secondary N) is 1. The molecule has 1 N–H and O–H groups in total. The van der Waals surface area contributed by atoms with Gasteiger partial charge in [0.25, 0.3) is 17.2 Å². The summed E-state index contributed by atoms with van der Waals surface area (Å²) < 4.78 is 6.59. The summed E-state index contributed by atoms with van der Waals surface area (Å²) >= 11 is 0. The number of hydrogen-bond acceptors (Lipinski definition) is 7. The summed E-state index contributed by atoms with van der Waals surface area (Å²) in [4.78, 5) is 51.2. The van der Waals surface area contributed by atoms with Gasteiger partial charge in [-0.3, -0.25) is 24.1 Å². The Balaban J connectivity index is 1.64. The molecule has 0 radical (unpaired) electrons. The molecule has 10 nitrogen and oxygen atoms in total. The number of amides is 1. The molecular weight excluding hydrogens is 392 g/mol. The molecule has 0 fully saturated rings. The first kappa shape index (κ1) is 20.6. The van der Waals surface area contributed by atoms with E-state index < -0.39 is 22.8 Å². The Labute approximate surface area is 170 Å². The van der Waals surface area contributed by atoms with Crippen LogP contribution in [0.4, 0.5) is 5.69 Å². The van der Waals surface area contributed by atoms with Gasteiger partial charge in [0.05, 0.1) is 10.6 Å². The molecule has 3 rings (SSSR count). The van der Waals surface area contributed by atoms with E-state index in [0.717, 1.165) is 11.8 Å². The number of nitrogens with zero attached hydrogens (tertiary/aromatic N) is 3. The molecule has 154 valence electrons. The molecule has 2 heterocycles. The first-order chi connectivity index (χ1) is 14.3. The Kier molecular flexibility index (Phi) is 5.86. The minimum Gasteiger partial charge on any atom is -0.458 e. The highest BCUT2D eigenvalue weighted by molar-refractivity contribution is 5.97. The van der Waals surface area contributed by atoms with E-state index in [4.69, 9.17) is 4.74 Å². The molecular formula is C20H18N4O6. The third-order valence-electron chi connectivity index (χ3n) is 4.32. The van der Waals surface area contributed by atoms with Crippen LogP contribution in [0.2, 0.25) is 0 Å². The fraction of sp³-hybridized carbons (Fsp3) is 0.200. The molecule has 0 saturated carbocycles. The second kappa shape index (κ2) is 8.52. The highest BCUT2D eigenvalue weighted by atomic mass is 16.6. The van der Waals surface area contributed by atoms with Crippen LogP contribution >= 0.6 is 0 Å². The molecule has 0 unspecified atom stereocenters. The molecule has 10 heteroatoms. The monoisotopic (exact) mass is 410 g/mol. The minimum atomic E-state index is -1.01. The van der Waals surface area contributed by atoms with Crippen LogP contribution in [0.25, 0.3) is 5.65 Å². The van der Waals surface area contributed by atoms with Gasteiger partial charge >= 0.3 is 5.97 Å². The average molecular weight is 410 g/mol. The number of rotatable bonds is 6. The molecule has 1 atom stereocenters. The second-order valence-corrected chi connectivity index (χ2v) is 6.56. The van der Waals surface area contributed by atoms with Crippen LogP contribution < -0.4 is 10.9 Å². The van der Waals surface area contributed by atoms with E-state index in [2.05, 4.69) is 10.3 Å². The maximum absolute atomic E-state index is 12.3. The van der Waals surface area contributed by atoms with E-state index in [9.17, 15) is 24.5 Å². The Morgan fingerprint density at radius 2 is 1.97 bits per heavy atom. The molecule has 0 aliphatic rings. The summed E-state index contributed by atoms with van der Waals surface area (Å²) in [5.74, 6) is -1.39. The maximum atomic E-state index is 12.3. The van der Waals surface area contributed by atoms with Gasteiger partial charge in [0.1, 0.15) is 18.3 Å². The molecule has 0 spiro atoms. The number of non-ortho nitro benzene ring substituents is 1. The number of nitro benzene ring substituents is 1. The molecule has 1 aromatic carbocycles. The van der Waals surface area contributed by atoms with Crippen molar-refractivity contribution in [2.75, 3.05) is 0 Å². The van der Waals surface area contributed by atoms with E-state index in [1.54, 1.807) is 25.1 Å². The lowest BCUT2D eigenvalue weighted by Crippen LogP contribution is -2.39. The first-order valence-corrected chi connectivity index (χ1v) is 8.96. The molecule has 0 bridgehead atoms. The quantitative estimate of drug-likeness (QED) is 0.372. The van der Waals surface area contributed by atoms with E-state index in [1.165, 1.54) is 35.6 Å². The van der Waals surface area contributed by atoms with E-state index in [-0.39, 0.29) is 29.1 Å². The lowest BCUT2D eigenvalue weighted by Gasteiger charge is -2.13. The highest BCUT2D eigenvalue weighted by Gasteiger charge is 2.20. The van der Waals surface area contributed by atoms with Gasteiger partial charge in [-0.25, -0.2) is 9.78 Å². The number of benzene rings is 1. The van der Waals surface area contributed by atoms with Crippen molar-refractivity contribution in [3.8, 4) is 0 Å². The summed E-state index contributed by atoms with van der Waals surface area (Å²) in [7, 11) is 0. The Morgan fingerprint density at radius 1 is 1.23 bits per heavy atom. The van der Waals surface area contributed by atoms with Crippen molar-refractivity contribution in [1.82, 2.24) is 14.7 Å². The predicted molar refractivity (Wildman–Crippen MR) is 106 cm³/mol. The number of esters is 1. The fourth-order valence-electron chi connectivity index (χ4n) is 2.81. The lowest BCUT2D eigenvalue weighted by atomic mass is 10.2. The van der Waals surface area contributed by atoms with Crippen molar-refractivity contribution in [2.24, 2.45) is 0 Å². The number of carbonyl (C=O) groups is 2. The summed E-state index contributed by atoms with van der Waals surface area (Å²) in [6.07, 6.45) is 0. The maximum Gasteiger partial charge on any atom is 0.328 e.